The zero-order chi connectivity index (χ0) is 18.5. The van der Waals surface area contributed by atoms with Gasteiger partial charge < -0.3 is 10.2 Å². The summed E-state index contributed by atoms with van der Waals surface area (Å²) < 4.78 is 28.6. The summed E-state index contributed by atoms with van der Waals surface area (Å²) in [5, 5.41) is 3.00. The summed E-state index contributed by atoms with van der Waals surface area (Å²) in [5.74, 6) is -1.67. The number of aryl methyl sites for hydroxylation is 1. The minimum Gasteiger partial charge on any atom is -0.356 e. The molecule has 0 radical (unpaired) electrons. The quantitative estimate of drug-likeness (QED) is 0.907. The Morgan fingerprint density at radius 2 is 2.04 bits per heavy atom. The molecule has 3 heterocycles. The van der Waals surface area contributed by atoms with Gasteiger partial charge in [-0.3, -0.25) is 9.20 Å². The third-order valence-corrected chi connectivity index (χ3v) is 5.40. The molecule has 1 aliphatic carbocycles. The van der Waals surface area contributed by atoms with Crippen molar-refractivity contribution >= 4 is 17.4 Å². The van der Waals surface area contributed by atoms with Gasteiger partial charge in [0.1, 0.15) is 12.1 Å². The van der Waals surface area contributed by atoms with Gasteiger partial charge in [-0.25, -0.2) is 18.7 Å². The third-order valence-electron chi connectivity index (χ3n) is 5.40. The Balaban J connectivity index is 1.61. The summed E-state index contributed by atoms with van der Waals surface area (Å²) in [6.45, 7) is 4.41. The van der Waals surface area contributed by atoms with Crippen LogP contribution in [0, 0.1) is 12.8 Å². The van der Waals surface area contributed by atoms with Crippen molar-refractivity contribution < 1.29 is 13.6 Å². The minimum absolute atomic E-state index is 0.118. The highest BCUT2D eigenvalue weighted by molar-refractivity contribution is 5.98. The Kier molecular flexibility index (Phi) is 4.08. The van der Waals surface area contributed by atoms with Gasteiger partial charge in [0.15, 0.2) is 11.3 Å². The van der Waals surface area contributed by atoms with E-state index >= 15 is 0 Å². The normalized spacial score (nSPS) is 21.0. The van der Waals surface area contributed by atoms with Crippen molar-refractivity contribution in [3.05, 3.63) is 23.8 Å². The number of nitrogens with one attached hydrogen (secondary N) is 1. The van der Waals surface area contributed by atoms with Gasteiger partial charge in [-0.05, 0) is 32.6 Å². The van der Waals surface area contributed by atoms with Crippen LogP contribution in [0.15, 0.2) is 12.4 Å². The van der Waals surface area contributed by atoms with E-state index in [0.717, 1.165) is 18.5 Å². The van der Waals surface area contributed by atoms with E-state index in [4.69, 9.17) is 0 Å². The first-order valence-electron chi connectivity index (χ1n) is 9.12. The molecule has 0 spiro atoms. The van der Waals surface area contributed by atoms with Crippen molar-refractivity contribution in [2.75, 3.05) is 18.0 Å². The zero-order valence-corrected chi connectivity index (χ0v) is 15.0. The Bertz CT molecular complexity index is 835. The minimum atomic E-state index is -2.60. The summed E-state index contributed by atoms with van der Waals surface area (Å²) in [6, 6.07) is 1.97. The number of halogens is 2. The number of carbonyl (C=O) groups excluding carboxylic acids is 1. The van der Waals surface area contributed by atoms with Crippen LogP contribution in [0.5, 0.6) is 0 Å². The van der Waals surface area contributed by atoms with Crippen molar-refractivity contribution in [3.8, 4) is 0 Å². The molecular weight excluding hydrogens is 340 g/mol. The lowest BCUT2D eigenvalue weighted by molar-refractivity contribution is -0.0221. The Hall–Kier alpha value is -2.25. The number of piperidine rings is 1. The van der Waals surface area contributed by atoms with Crippen LogP contribution in [-0.4, -0.2) is 45.3 Å². The van der Waals surface area contributed by atoms with E-state index < -0.39 is 5.92 Å². The van der Waals surface area contributed by atoms with Gasteiger partial charge in [0.25, 0.3) is 11.8 Å². The highest BCUT2D eigenvalue weighted by atomic mass is 19.3. The SMILES string of the molecule is Cc1cc(N2CCC(F)(F)CC2)nc2c(C(=O)N[C@@H](C)C3CC3)ncn12. The van der Waals surface area contributed by atoms with Crippen molar-refractivity contribution in [2.24, 2.45) is 5.92 Å². The Morgan fingerprint density at radius 1 is 1.35 bits per heavy atom. The first-order chi connectivity index (χ1) is 12.3. The van der Waals surface area contributed by atoms with Crippen molar-refractivity contribution in [2.45, 2.75) is 51.5 Å². The van der Waals surface area contributed by atoms with Gasteiger partial charge >= 0.3 is 0 Å². The molecule has 26 heavy (non-hydrogen) atoms. The van der Waals surface area contributed by atoms with Crippen LogP contribution in [0.25, 0.3) is 5.65 Å². The molecule has 2 aromatic rings. The van der Waals surface area contributed by atoms with E-state index in [-0.39, 0.29) is 43.6 Å². The smallest absolute Gasteiger partial charge is 0.274 e. The maximum Gasteiger partial charge on any atom is 0.274 e. The number of anilines is 1. The molecule has 1 saturated carbocycles. The third kappa shape index (κ3) is 3.24. The van der Waals surface area contributed by atoms with E-state index in [1.54, 1.807) is 10.7 Å². The molecule has 4 rings (SSSR count). The van der Waals surface area contributed by atoms with Crippen LogP contribution in [-0.2, 0) is 0 Å². The summed E-state index contributed by atoms with van der Waals surface area (Å²) >= 11 is 0. The van der Waals surface area contributed by atoms with Crippen LogP contribution < -0.4 is 10.2 Å². The number of hydrogen-bond acceptors (Lipinski definition) is 4. The van der Waals surface area contributed by atoms with E-state index in [1.807, 2.05) is 24.8 Å². The fourth-order valence-electron chi connectivity index (χ4n) is 3.48. The maximum absolute atomic E-state index is 13.4. The molecule has 0 unspecified atom stereocenters. The summed E-state index contributed by atoms with van der Waals surface area (Å²) in [6.07, 6.45) is 3.52. The molecule has 1 amide bonds. The largest absolute Gasteiger partial charge is 0.356 e. The monoisotopic (exact) mass is 363 g/mol. The predicted molar refractivity (Wildman–Crippen MR) is 93.8 cm³/mol. The summed E-state index contributed by atoms with van der Waals surface area (Å²) in [4.78, 5) is 23.3. The number of hydrogen-bond donors (Lipinski definition) is 1. The number of amides is 1. The molecule has 0 bridgehead atoms. The van der Waals surface area contributed by atoms with Crippen molar-refractivity contribution in [1.29, 1.82) is 0 Å². The first-order valence-corrected chi connectivity index (χ1v) is 9.12. The standard InChI is InChI=1S/C18H23F2N5O/c1-11-9-14(24-7-5-18(19,20)6-8-24)23-16-15(21-10-25(11)16)17(26)22-12(2)13-3-4-13/h9-10,12-13H,3-8H2,1-2H3,(H,22,26)/t12-/m0/s1. The second kappa shape index (κ2) is 6.17. The molecule has 2 fully saturated rings. The van der Waals surface area contributed by atoms with E-state index in [2.05, 4.69) is 15.3 Å². The van der Waals surface area contributed by atoms with E-state index in [9.17, 15) is 13.6 Å². The number of alkyl halides is 2. The van der Waals surface area contributed by atoms with Gasteiger partial charge in [-0.1, -0.05) is 0 Å². The van der Waals surface area contributed by atoms with Crippen LogP contribution in [0.4, 0.5) is 14.6 Å². The molecular formula is C18H23F2N5O. The number of rotatable bonds is 4. The zero-order valence-electron chi connectivity index (χ0n) is 15.0. The Morgan fingerprint density at radius 3 is 2.69 bits per heavy atom. The number of aromatic nitrogens is 3. The Labute approximate surface area is 150 Å². The molecule has 8 heteroatoms. The second-order valence-electron chi connectivity index (χ2n) is 7.49. The van der Waals surface area contributed by atoms with Gasteiger partial charge in [0, 0.05) is 43.7 Å². The summed E-state index contributed by atoms with van der Waals surface area (Å²) in [7, 11) is 0. The lowest BCUT2D eigenvalue weighted by atomic mass is 10.1. The molecule has 0 aromatic carbocycles. The molecule has 1 aliphatic heterocycles. The number of fused-ring (bicyclic) bond motifs is 1. The molecule has 2 aliphatic rings. The first kappa shape index (κ1) is 17.2. The average Bonchev–Trinajstić information content (AvgIpc) is 3.34. The number of nitrogens with zero attached hydrogens (tertiary/aromatic N) is 4. The average molecular weight is 363 g/mol. The fourth-order valence-corrected chi connectivity index (χ4v) is 3.48. The molecule has 1 saturated heterocycles. The van der Waals surface area contributed by atoms with Crippen LogP contribution >= 0.6 is 0 Å². The van der Waals surface area contributed by atoms with Gasteiger partial charge in [-0.2, -0.15) is 0 Å². The highest BCUT2D eigenvalue weighted by Crippen LogP contribution is 2.33. The molecule has 140 valence electrons. The maximum atomic E-state index is 13.4. The lowest BCUT2D eigenvalue weighted by Crippen LogP contribution is -2.40. The fraction of sp³-hybridized carbons (Fsp3) is 0.611. The van der Waals surface area contributed by atoms with Gasteiger partial charge in [-0.15, -0.1) is 0 Å². The lowest BCUT2D eigenvalue weighted by Gasteiger charge is -2.32. The highest BCUT2D eigenvalue weighted by Gasteiger charge is 2.35. The topological polar surface area (TPSA) is 62.5 Å². The van der Waals surface area contributed by atoms with E-state index in [1.165, 1.54) is 0 Å². The van der Waals surface area contributed by atoms with Gasteiger partial charge in [0.2, 0.25) is 0 Å². The van der Waals surface area contributed by atoms with E-state index in [0.29, 0.717) is 17.4 Å². The molecule has 1 N–H and O–H groups in total. The summed E-state index contributed by atoms with van der Waals surface area (Å²) in [5.41, 5.74) is 1.62. The van der Waals surface area contributed by atoms with Crippen molar-refractivity contribution in [3.63, 3.8) is 0 Å². The number of imidazole rings is 1. The number of carbonyl (C=O) groups is 1. The second-order valence-corrected chi connectivity index (χ2v) is 7.49. The predicted octanol–water partition coefficient (Wildman–Crippen LogP) is 2.80. The van der Waals surface area contributed by atoms with Crippen LogP contribution in [0.1, 0.15) is 48.8 Å². The van der Waals surface area contributed by atoms with Gasteiger partial charge in [0.05, 0.1) is 0 Å². The van der Waals surface area contributed by atoms with Crippen LogP contribution in [0.2, 0.25) is 0 Å². The van der Waals surface area contributed by atoms with Crippen molar-refractivity contribution in [1.82, 2.24) is 19.7 Å². The molecule has 1 atom stereocenters. The molecule has 6 nitrogen and oxygen atoms in total. The molecule has 2 aromatic heterocycles. The van der Waals surface area contributed by atoms with Crippen LogP contribution in [0.3, 0.4) is 0 Å².